The fourth-order valence-electron chi connectivity index (χ4n) is 4.31. The maximum absolute atomic E-state index is 11.5. The van der Waals surface area contributed by atoms with Crippen molar-refractivity contribution in [2.24, 2.45) is 0 Å². The fourth-order valence-corrected chi connectivity index (χ4v) is 4.31. The Hall–Kier alpha value is -3.60. The first-order chi connectivity index (χ1) is 13.8. The highest BCUT2D eigenvalue weighted by Crippen LogP contribution is 2.50. The average molecular weight is 366 g/mol. The zero-order valence-corrected chi connectivity index (χ0v) is 15.2. The van der Waals surface area contributed by atoms with Crippen LogP contribution < -0.4 is 4.73 Å². The minimum atomic E-state index is -0.302. The maximum Gasteiger partial charge on any atom is 0.180 e. The van der Waals surface area contributed by atoms with Crippen LogP contribution in [0.5, 0.6) is 0 Å². The number of nitrogens with zero attached hydrogens (tertiary/aromatic N) is 4. The molecule has 0 amide bonds. The number of fused-ring (bicyclic) bond motifs is 3. The zero-order valence-electron chi connectivity index (χ0n) is 15.2. The van der Waals surface area contributed by atoms with Gasteiger partial charge in [-0.2, -0.15) is 4.73 Å². The largest absolute Gasteiger partial charge is 0.619 e. The Morgan fingerprint density at radius 3 is 1.82 bits per heavy atom. The SMILES string of the molecule is [O-][n+]1ccc(CC2(Cc3ccncc3)c3cccnc3-c3ncccc32)cc1. The predicted molar refractivity (Wildman–Crippen MR) is 105 cm³/mol. The molecule has 0 bridgehead atoms. The van der Waals surface area contributed by atoms with Gasteiger partial charge in [-0.05, 0) is 59.4 Å². The third kappa shape index (κ3) is 2.63. The Kier molecular flexibility index (Phi) is 3.86. The Labute approximate surface area is 163 Å². The minimum absolute atomic E-state index is 0.302. The van der Waals surface area contributed by atoms with Crippen LogP contribution in [0.1, 0.15) is 22.3 Å². The number of hydrogen-bond acceptors (Lipinski definition) is 4. The summed E-state index contributed by atoms with van der Waals surface area (Å²) in [6, 6.07) is 16.2. The van der Waals surface area contributed by atoms with Crippen molar-refractivity contribution in [3.63, 3.8) is 0 Å². The second kappa shape index (κ2) is 6.53. The van der Waals surface area contributed by atoms with Crippen molar-refractivity contribution < 1.29 is 4.73 Å². The second-order valence-electron chi connectivity index (χ2n) is 7.16. The van der Waals surface area contributed by atoms with E-state index in [9.17, 15) is 5.21 Å². The molecule has 0 unspecified atom stereocenters. The molecule has 4 heterocycles. The van der Waals surface area contributed by atoms with Crippen molar-refractivity contribution in [3.8, 4) is 11.4 Å². The first kappa shape index (κ1) is 16.6. The highest BCUT2D eigenvalue weighted by atomic mass is 16.5. The van der Waals surface area contributed by atoms with E-state index in [4.69, 9.17) is 0 Å². The van der Waals surface area contributed by atoms with Crippen LogP contribution in [0, 0.1) is 5.21 Å². The lowest BCUT2D eigenvalue weighted by atomic mass is 9.70. The Morgan fingerprint density at radius 1 is 0.714 bits per heavy atom. The van der Waals surface area contributed by atoms with Crippen LogP contribution >= 0.6 is 0 Å². The van der Waals surface area contributed by atoms with Crippen molar-refractivity contribution in [2.45, 2.75) is 18.3 Å². The van der Waals surface area contributed by atoms with Gasteiger partial charge in [-0.15, -0.1) is 0 Å². The van der Waals surface area contributed by atoms with Crippen molar-refractivity contribution in [1.82, 2.24) is 15.0 Å². The van der Waals surface area contributed by atoms with E-state index in [-0.39, 0.29) is 5.41 Å². The Bertz CT molecular complexity index is 1080. The van der Waals surface area contributed by atoms with Crippen LogP contribution in [-0.2, 0) is 18.3 Å². The van der Waals surface area contributed by atoms with Gasteiger partial charge >= 0.3 is 0 Å². The Morgan fingerprint density at radius 2 is 1.25 bits per heavy atom. The molecular formula is C23H18N4O. The van der Waals surface area contributed by atoms with E-state index in [1.54, 1.807) is 12.4 Å². The molecule has 0 saturated carbocycles. The molecular weight excluding hydrogens is 348 g/mol. The first-order valence-electron chi connectivity index (χ1n) is 9.24. The van der Waals surface area contributed by atoms with Gasteiger partial charge in [0.25, 0.3) is 0 Å². The lowest BCUT2D eigenvalue weighted by Crippen LogP contribution is -2.32. The molecule has 0 aliphatic heterocycles. The summed E-state index contributed by atoms with van der Waals surface area (Å²) in [5, 5.41) is 11.5. The molecule has 0 fully saturated rings. The molecule has 0 atom stereocenters. The van der Waals surface area contributed by atoms with Gasteiger partial charge in [-0.25, -0.2) is 0 Å². The third-order valence-electron chi connectivity index (χ3n) is 5.50. The van der Waals surface area contributed by atoms with E-state index in [1.807, 2.05) is 49.1 Å². The molecule has 0 aromatic carbocycles. The minimum Gasteiger partial charge on any atom is -0.619 e. The normalized spacial score (nSPS) is 13.7. The zero-order chi connectivity index (χ0) is 19.0. The molecule has 4 aromatic heterocycles. The second-order valence-corrected chi connectivity index (χ2v) is 7.16. The van der Waals surface area contributed by atoms with Gasteiger partial charge in [0.15, 0.2) is 12.4 Å². The summed E-state index contributed by atoms with van der Waals surface area (Å²) in [4.78, 5) is 13.5. The molecule has 4 aromatic rings. The van der Waals surface area contributed by atoms with E-state index < -0.39 is 0 Å². The molecule has 0 N–H and O–H groups in total. The van der Waals surface area contributed by atoms with Crippen LogP contribution in [0.3, 0.4) is 0 Å². The molecule has 5 nitrogen and oxygen atoms in total. The Balaban J connectivity index is 1.73. The highest BCUT2D eigenvalue weighted by Gasteiger charge is 2.44. The summed E-state index contributed by atoms with van der Waals surface area (Å²) in [7, 11) is 0. The first-order valence-corrected chi connectivity index (χ1v) is 9.24. The highest BCUT2D eigenvalue weighted by molar-refractivity contribution is 5.75. The summed E-state index contributed by atoms with van der Waals surface area (Å²) in [6.45, 7) is 0. The number of aromatic nitrogens is 4. The smallest absolute Gasteiger partial charge is 0.180 e. The van der Waals surface area contributed by atoms with Gasteiger partial charge in [-0.3, -0.25) is 15.0 Å². The molecule has 136 valence electrons. The summed E-state index contributed by atoms with van der Waals surface area (Å²) >= 11 is 0. The van der Waals surface area contributed by atoms with Gasteiger partial charge in [0.1, 0.15) is 0 Å². The molecule has 1 aliphatic carbocycles. The third-order valence-corrected chi connectivity index (χ3v) is 5.50. The van der Waals surface area contributed by atoms with Crippen LogP contribution in [-0.4, -0.2) is 15.0 Å². The topological polar surface area (TPSA) is 65.6 Å². The summed E-state index contributed by atoms with van der Waals surface area (Å²) < 4.78 is 0.818. The van der Waals surface area contributed by atoms with E-state index >= 15 is 0 Å². The fraction of sp³-hybridized carbons (Fsp3) is 0.130. The van der Waals surface area contributed by atoms with Crippen molar-refractivity contribution in [2.75, 3.05) is 0 Å². The predicted octanol–water partition coefficient (Wildman–Crippen LogP) is 3.26. The molecule has 0 spiro atoms. The van der Waals surface area contributed by atoms with E-state index in [0.717, 1.165) is 34.5 Å². The molecule has 0 radical (unpaired) electrons. The van der Waals surface area contributed by atoms with Crippen LogP contribution in [0.4, 0.5) is 0 Å². The lowest BCUT2D eigenvalue weighted by Gasteiger charge is -2.32. The monoisotopic (exact) mass is 366 g/mol. The van der Waals surface area contributed by atoms with Crippen molar-refractivity contribution in [3.05, 3.63) is 113 Å². The van der Waals surface area contributed by atoms with Gasteiger partial charge < -0.3 is 5.21 Å². The van der Waals surface area contributed by atoms with Crippen molar-refractivity contribution in [1.29, 1.82) is 0 Å². The molecule has 1 aliphatic rings. The van der Waals surface area contributed by atoms with Gasteiger partial charge in [0.05, 0.1) is 11.4 Å². The maximum atomic E-state index is 11.5. The van der Waals surface area contributed by atoms with E-state index in [1.165, 1.54) is 16.7 Å². The number of hydrogen-bond donors (Lipinski definition) is 0. The summed E-state index contributed by atoms with van der Waals surface area (Å²) in [5.74, 6) is 0. The molecule has 0 saturated heterocycles. The van der Waals surface area contributed by atoms with E-state index in [0.29, 0.717) is 0 Å². The number of rotatable bonds is 4. The summed E-state index contributed by atoms with van der Waals surface area (Å²) in [6.07, 6.45) is 12.0. The average Bonchev–Trinajstić information content (AvgIpc) is 3.01. The van der Waals surface area contributed by atoms with Gasteiger partial charge in [-0.1, -0.05) is 12.1 Å². The van der Waals surface area contributed by atoms with Crippen molar-refractivity contribution >= 4 is 0 Å². The van der Waals surface area contributed by atoms with Crippen LogP contribution in [0.2, 0.25) is 0 Å². The van der Waals surface area contributed by atoms with Crippen LogP contribution in [0.25, 0.3) is 11.4 Å². The number of pyridine rings is 4. The lowest BCUT2D eigenvalue weighted by molar-refractivity contribution is -0.605. The quantitative estimate of drug-likeness (QED) is 0.411. The molecule has 5 heteroatoms. The molecule has 5 rings (SSSR count). The van der Waals surface area contributed by atoms with E-state index in [2.05, 4.69) is 39.2 Å². The van der Waals surface area contributed by atoms with Gasteiger partial charge in [0, 0.05) is 42.3 Å². The summed E-state index contributed by atoms with van der Waals surface area (Å²) in [5.41, 5.74) is 6.26. The molecule has 28 heavy (non-hydrogen) atoms. The van der Waals surface area contributed by atoms with Crippen LogP contribution in [0.15, 0.2) is 85.7 Å². The van der Waals surface area contributed by atoms with Gasteiger partial charge in [0.2, 0.25) is 0 Å². The standard InChI is InChI=1S/C23H18N4O/c28-27-13-7-18(8-14-27)16-23(15-17-5-11-24-12-6-17)19-3-1-9-25-21(19)22-20(23)4-2-10-26-22/h1-14H,15-16H2.